The van der Waals surface area contributed by atoms with E-state index < -0.39 is 0 Å². The van der Waals surface area contributed by atoms with Gasteiger partial charge in [-0.3, -0.25) is 9.58 Å². The molecule has 0 spiro atoms. The summed E-state index contributed by atoms with van der Waals surface area (Å²) in [6.07, 6.45) is 2.98. The third-order valence-electron chi connectivity index (χ3n) is 1.95. The van der Waals surface area contributed by atoms with Crippen LogP contribution in [0.25, 0.3) is 0 Å². The molecule has 1 aromatic heterocycles. The highest BCUT2D eigenvalue weighted by Crippen LogP contribution is 2.00. The van der Waals surface area contributed by atoms with Gasteiger partial charge in [0.2, 0.25) is 0 Å². The Kier molecular flexibility index (Phi) is 4.64. The van der Waals surface area contributed by atoms with Gasteiger partial charge in [0.05, 0.1) is 10.7 Å². The van der Waals surface area contributed by atoms with Crippen LogP contribution in [0.15, 0.2) is 6.20 Å². The van der Waals surface area contributed by atoms with Crippen LogP contribution in [0.4, 0.5) is 0 Å². The van der Waals surface area contributed by atoms with Gasteiger partial charge in [0, 0.05) is 26.3 Å². The van der Waals surface area contributed by atoms with Crippen LogP contribution in [0.1, 0.15) is 19.0 Å². The van der Waals surface area contributed by atoms with Crippen LogP contribution in [-0.4, -0.2) is 38.0 Å². The van der Waals surface area contributed by atoms with E-state index in [4.69, 9.17) is 18.0 Å². The first-order valence-corrected chi connectivity index (χ1v) is 5.38. The summed E-state index contributed by atoms with van der Waals surface area (Å²) < 4.78 is 1.69. The highest BCUT2D eigenvalue weighted by molar-refractivity contribution is 7.80. The van der Waals surface area contributed by atoms with Gasteiger partial charge in [0.1, 0.15) is 0 Å². The highest BCUT2D eigenvalue weighted by Gasteiger charge is 2.08. The molecule has 1 rings (SSSR count). The zero-order valence-electron chi connectivity index (χ0n) is 9.18. The lowest BCUT2D eigenvalue weighted by atomic mass is 10.3. The molecule has 0 saturated carbocycles. The first kappa shape index (κ1) is 12.1. The molecule has 0 aromatic carbocycles. The molecular weight excluding hydrogens is 210 g/mol. The SMILES string of the molecule is CCCN(CC(N)=S)Cc1cn(C)nn1. The number of aryl methyl sites for hydroxylation is 1. The van der Waals surface area contributed by atoms with Crippen molar-refractivity contribution in [3.05, 3.63) is 11.9 Å². The molecule has 0 aliphatic carbocycles. The minimum Gasteiger partial charge on any atom is -0.392 e. The molecule has 0 amide bonds. The topological polar surface area (TPSA) is 60.0 Å². The van der Waals surface area contributed by atoms with E-state index in [0.717, 1.165) is 25.2 Å². The van der Waals surface area contributed by atoms with Crippen molar-refractivity contribution >= 4 is 17.2 Å². The lowest BCUT2D eigenvalue weighted by molar-refractivity contribution is 0.300. The molecule has 2 N–H and O–H groups in total. The minimum atomic E-state index is 0.521. The number of hydrogen-bond donors (Lipinski definition) is 1. The maximum Gasteiger partial charge on any atom is 0.0967 e. The molecule has 6 heteroatoms. The van der Waals surface area contributed by atoms with Crippen LogP contribution >= 0.6 is 12.2 Å². The van der Waals surface area contributed by atoms with Crippen molar-refractivity contribution in [2.45, 2.75) is 19.9 Å². The van der Waals surface area contributed by atoms with Crippen molar-refractivity contribution < 1.29 is 0 Å². The van der Waals surface area contributed by atoms with E-state index >= 15 is 0 Å². The Labute approximate surface area is 95.2 Å². The van der Waals surface area contributed by atoms with Crippen LogP contribution < -0.4 is 5.73 Å². The van der Waals surface area contributed by atoms with Crippen LogP contribution in [0.3, 0.4) is 0 Å². The predicted molar refractivity (Wildman–Crippen MR) is 63.4 cm³/mol. The molecule has 1 aromatic rings. The Hall–Kier alpha value is -1.01. The molecule has 0 atom stereocenters. The van der Waals surface area contributed by atoms with Crippen LogP contribution in [0, 0.1) is 0 Å². The molecule has 0 saturated heterocycles. The Bertz CT molecular complexity index is 322. The summed E-state index contributed by atoms with van der Waals surface area (Å²) in [5, 5.41) is 7.92. The van der Waals surface area contributed by atoms with Crippen molar-refractivity contribution in [1.29, 1.82) is 0 Å². The highest BCUT2D eigenvalue weighted by atomic mass is 32.1. The third-order valence-corrected chi connectivity index (χ3v) is 2.08. The maximum absolute atomic E-state index is 5.53. The van der Waals surface area contributed by atoms with Crippen molar-refractivity contribution in [1.82, 2.24) is 19.9 Å². The van der Waals surface area contributed by atoms with Gasteiger partial charge in [-0.15, -0.1) is 5.10 Å². The van der Waals surface area contributed by atoms with Crippen LogP contribution in [0.2, 0.25) is 0 Å². The summed E-state index contributed by atoms with van der Waals surface area (Å²) in [5.41, 5.74) is 6.48. The third kappa shape index (κ3) is 4.35. The Morgan fingerprint density at radius 2 is 2.40 bits per heavy atom. The summed E-state index contributed by atoms with van der Waals surface area (Å²) in [7, 11) is 1.86. The first-order valence-electron chi connectivity index (χ1n) is 4.97. The van der Waals surface area contributed by atoms with E-state index in [2.05, 4.69) is 22.1 Å². The molecule has 1 heterocycles. The maximum atomic E-state index is 5.53. The molecule has 0 aliphatic heterocycles. The second-order valence-corrected chi connectivity index (χ2v) is 4.08. The molecule has 0 aliphatic rings. The van der Waals surface area contributed by atoms with Crippen molar-refractivity contribution in [2.75, 3.05) is 13.1 Å². The smallest absolute Gasteiger partial charge is 0.0967 e. The van der Waals surface area contributed by atoms with Gasteiger partial charge in [0.25, 0.3) is 0 Å². The number of nitrogens with zero attached hydrogens (tertiary/aromatic N) is 4. The van der Waals surface area contributed by atoms with Crippen molar-refractivity contribution in [2.24, 2.45) is 12.8 Å². The summed E-state index contributed by atoms with van der Waals surface area (Å²) in [6.45, 7) is 4.48. The Balaban J connectivity index is 2.53. The van der Waals surface area contributed by atoms with E-state index in [0.29, 0.717) is 11.5 Å². The number of thiocarbonyl (C=S) groups is 1. The number of nitrogens with two attached hydrogens (primary N) is 1. The Morgan fingerprint density at radius 1 is 1.67 bits per heavy atom. The van der Waals surface area contributed by atoms with Gasteiger partial charge in [-0.2, -0.15) is 0 Å². The quantitative estimate of drug-likeness (QED) is 0.709. The van der Waals surface area contributed by atoms with Crippen molar-refractivity contribution in [3.63, 3.8) is 0 Å². The summed E-state index contributed by atoms with van der Waals surface area (Å²) in [4.78, 5) is 2.69. The van der Waals surface area contributed by atoms with E-state index in [1.807, 2.05) is 13.2 Å². The van der Waals surface area contributed by atoms with Crippen LogP contribution in [-0.2, 0) is 13.6 Å². The lowest BCUT2D eigenvalue weighted by Gasteiger charge is -2.19. The second kappa shape index (κ2) is 5.77. The standard InChI is InChI=1S/C9H17N5S/c1-3-4-14(7-9(10)15)6-8-5-13(2)12-11-8/h5H,3-4,6-7H2,1-2H3,(H2,10,15). The number of hydrogen-bond acceptors (Lipinski definition) is 4. The van der Waals surface area contributed by atoms with Gasteiger partial charge < -0.3 is 5.73 Å². The number of aromatic nitrogens is 3. The molecule has 5 nitrogen and oxygen atoms in total. The average Bonchev–Trinajstić information content (AvgIpc) is 2.50. The summed E-state index contributed by atoms with van der Waals surface area (Å²) in [6, 6.07) is 0. The fraction of sp³-hybridized carbons (Fsp3) is 0.667. The fourth-order valence-corrected chi connectivity index (χ4v) is 1.63. The second-order valence-electron chi connectivity index (χ2n) is 3.56. The van der Waals surface area contributed by atoms with Crippen molar-refractivity contribution in [3.8, 4) is 0 Å². The first-order chi connectivity index (χ1) is 7.11. The van der Waals surface area contributed by atoms with Gasteiger partial charge in [-0.25, -0.2) is 0 Å². The minimum absolute atomic E-state index is 0.521. The van der Waals surface area contributed by atoms with Gasteiger partial charge in [0.15, 0.2) is 0 Å². The van der Waals surface area contributed by atoms with E-state index in [-0.39, 0.29) is 0 Å². The summed E-state index contributed by atoms with van der Waals surface area (Å²) >= 11 is 4.90. The Morgan fingerprint density at radius 3 is 2.87 bits per heavy atom. The van der Waals surface area contributed by atoms with E-state index in [9.17, 15) is 0 Å². The molecule has 15 heavy (non-hydrogen) atoms. The summed E-state index contributed by atoms with van der Waals surface area (Å²) in [5.74, 6) is 0. The van der Waals surface area contributed by atoms with E-state index in [1.54, 1.807) is 4.68 Å². The molecule has 0 unspecified atom stereocenters. The molecule has 84 valence electrons. The van der Waals surface area contributed by atoms with E-state index in [1.165, 1.54) is 0 Å². The predicted octanol–water partition coefficient (Wildman–Crippen LogP) is 0.313. The van der Waals surface area contributed by atoms with Gasteiger partial charge in [-0.05, 0) is 13.0 Å². The zero-order chi connectivity index (χ0) is 11.3. The fourth-order valence-electron chi connectivity index (χ4n) is 1.45. The molecule has 0 bridgehead atoms. The molecule has 0 radical (unpaired) electrons. The van der Waals surface area contributed by atoms with Gasteiger partial charge >= 0.3 is 0 Å². The molecular formula is C9H17N5S. The monoisotopic (exact) mass is 227 g/mol. The normalized spacial score (nSPS) is 10.9. The number of rotatable bonds is 6. The molecule has 0 fully saturated rings. The lowest BCUT2D eigenvalue weighted by Crippen LogP contribution is -2.33. The largest absolute Gasteiger partial charge is 0.392 e. The van der Waals surface area contributed by atoms with Crippen LogP contribution in [0.5, 0.6) is 0 Å². The average molecular weight is 227 g/mol. The zero-order valence-corrected chi connectivity index (χ0v) is 10.00. The van der Waals surface area contributed by atoms with Gasteiger partial charge in [-0.1, -0.05) is 24.4 Å².